The molecular weight excluding hydrogens is 358 g/mol. The number of nitrogens with one attached hydrogen (secondary N) is 1. The topological polar surface area (TPSA) is 99.5 Å². The highest BCUT2D eigenvalue weighted by Crippen LogP contribution is 2.22. The van der Waals surface area contributed by atoms with Gasteiger partial charge in [-0.2, -0.15) is 5.26 Å². The fraction of sp³-hybridized carbons (Fsp3) is 0.238. The summed E-state index contributed by atoms with van der Waals surface area (Å²) >= 11 is 0. The van der Waals surface area contributed by atoms with Gasteiger partial charge in [0, 0.05) is 24.3 Å². The predicted molar refractivity (Wildman–Crippen MR) is 103 cm³/mol. The molecule has 2 aromatic carbocycles. The predicted octanol–water partition coefficient (Wildman–Crippen LogP) is 2.87. The minimum Gasteiger partial charge on any atom is -0.449 e. The van der Waals surface area contributed by atoms with Crippen molar-refractivity contribution in [3.63, 3.8) is 0 Å². The van der Waals surface area contributed by atoms with Crippen LogP contribution >= 0.6 is 0 Å². The van der Waals surface area contributed by atoms with Gasteiger partial charge in [0.2, 0.25) is 5.91 Å². The fourth-order valence-electron chi connectivity index (χ4n) is 2.85. The molecule has 0 aromatic heterocycles. The normalized spacial score (nSPS) is 14.3. The first-order chi connectivity index (χ1) is 13.5. The third-order valence-electron chi connectivity index (χ3n) is 4.42. The number of ether oxygens (including phenoxy) is 1. The van der Waals surface area contributed by atoms with Crippen LogP contribution in [0.1, 0.15) is 35.7 Å². The van der Waals surface area contributed by atoms with E-state index < -0.39 is 18.0 Å². The SMILES string of the molecule is C[C@@H](OC(=O)c1ccc(N2CCCC2=O)cc1)C(=O)Nc1ccc(C#N)cc1. The molecule has 1 atom stereocenters. The molecule has 2 aromatic rings. The van der Waals surface area contributed by atoms with E-state index in [1.54, 1.807) is 53.4 Å². The van der Waals surface area contributed by atoms with E-state index >= 15 is 0 Å². The van der Waals surface area contributed by atoms with Crippen LogP contribution in [-0.2, 0) is 14.3 Å². The Labute approximate surface area is 162 Å². The second-order valence-electron chi connectivity index (χ2n) is 6.42. The minimum absolute atomic E-state index is 0.0726. The summed E-state index contributed by atoms with van der Waals surface area (Å²) < 4.78 is 5.22. The number of carbonyl (C=O) groups is 3. The van der Waals surface area contributed by atoms with Crippen LogP contribution in [0.4, 0.5) is 11.4 Å². The quantitative estimate of drug-likeness (QED) is 0.808. The van der Waals surface area contributed by atoms with E-state index in [9.17, 15) is 14.4 Å². The molecular formula is C21H19N3O4. The summed E-state index contributed by atoms with van der Waals surface area (Å²) in [6.07, 6.45) is 0.368. The van der Waals surface area contributed by atoms with Crippen LogP contribution in [0.25, 0.3) is 0 Å². The molecule has 28 heavy (non-hydrogen) atoms. The van der Waals surface area contributed by atoms with E-state index in [0.717, 1.165) is 12.1 Å². The van der Waals surface area contributed by atoms with Gasteiger partial charge in [0.1, 0.15) is 0 Å². The molecule has 0 aliphatic carbocycles. The van der Waals surface area contributed by atoms with Crippen LogP contribution in [-0.4, -0.2) is 30.4 Å². The molecule has 1 fully saturated rings. The molecule has 3 rings (SSSR count). The van der Waals surface area contributed by atoms with E-state index in [1.807, 2.05) is 6.07 Å². The van der Waals surface area contributed by atoms with Crippen molar-refractivity contribution in [3.8, 4) is 6.07 Å². The molecule has 1 aliphatic heterocycles. The van der Waals surface area contributed by atoms with Crippen molar-refractivity contribution in [2.45, 2.75) is 25.9 Å². The highest BCUT2D eigenvalue weighted by Gasteiger charge is 2.23. The standard InChI is InChI=1S/C21H19N3O4/c1-14(20(26)23-17-8-4-15(13-22)5-9-17)28-21(27)16-6-10-18(11-7-16)24-12-2-3-19(24)25/h4-11,14H,2-3,12H2,1H3,(H,23,26)/t14-/m1/s1. The number of amides is 2. The molecule has 0 bridgehead atoms. The molecule has 1 aliphatic rings. The van der Waals surface area contributed by atoms with Crippen molar-refractivity contribution < 1.29 is 19.1 Å². The Morgan fingerprint density at radius 2 is 1.82 bits per heavy atom. The molecule has 0 saturated carbocycles. The van der Waals surface area contributed by atoms with Crippen molar-refractivity contribution in [2.75, 3.05) is 16.8 Å². The molecule has 1 saturated heterocycles. The Hall–Kier alpha value is -3.66. The highest BCUT2D eigenvalue weighted by atomic mass is 16.5. The number of carbonyl (C=O) groups excluding carboxylic acids is 3. The molecule has 142 valence electrons. The number of esters is 1. The number of benzene rings is 2. The largest absolute Gasteiger partial charge is 0.449 e. The Morgan fingerprint density at radius 1 is 1.14 bits per heavy atom. The maximum absolute atomic E-state index is 12.3. The lowest BCUT2D eigenvalue weighted by molar-refractivity contribution is -0.123. The van der Waals surface area contributed by atoms with Crippen molar-refractivity contribution in [1.82, 2.24) is 0 Å². The first-order valence-corrected chi connectivity index (χ1v) is 8.90. The summed E-state index contributed by atoms with van der Waals surface area (Å²) in [5, 5.41) is 11.4. The summed E-state index contributed by atoms with van der Waals surface area (Å²) in [5.74, 6) is -1.03. The molecule has 0 radical (unpaired) electrons. The Morgan fingerprint density at radius 3 is 2.39 bits per heavy atom. The minimum atomic E-state index is -0.997. The van der Waals surface area contributed by atoms with Gasteiger partial charge in [0.25, 0.3) is 5.91 Å². The van der Waals surface area contributed by atoms with Crippen molar-refractivity contribution >= 4 is 29.2 Å². The lowest BCUT2D eigenvalue weighted by Crippen LogP contribution is -2.30. The lowest BCUT2D eigenvalue weighted by Gasteiger charge is -2.16. The van der Waals surface area contributed by atoms with Crippen LogP contribution in [0.2, 0.25) is 0 Å². The van der Waals surface area contributed by atoms with E-state index in [1.165, 1.54) is 6.92 Å². The van der Waals surface area contributed by atoms with E-state index in [-0.39, 0.29) is 5.91 Å². The third kappa shape index (κ3) is 4.35. The molecule has 7 nitrogen and oxygen atoms in total. The van der Waals surface area contributed by atoms with Crippen LogP contribution in [0, 0.1) is 11.3 Å². The number of hydrogen-bond acceptors (Lipinski definition) is 5. The van der Waals surface area contributed by atoms with Gasteiger partial charge in [0.05, 0.1) is 17.2 Å². The van der Waals surface area contributed by atoms with Crippen LogP contribution < -0.4 is 10.2 Å². The van der Waals surface area contributed by atoms with Crippen LogP contribution in [0.3, 0.4) is 0 Å². The Balaban J connectivity index is 1.57. The van der Waals surface area contributed by atoms with Crippen molar-refractivity contribution in [3.05, 3.63) is 59.7 Å². The van der Waals surface area contributed by atoms with Gasteiger partial charge < -0.3 is 15.0 Å². The summed E-state index contributed by atoms with van der Waals surface area (Å²) in [6, 6.07) is 14.9. The van der Waals surface area contributed by atoms with Crippen LogP contribution in [0.5, 0.6) is 0 Å². The number of nitriles is 1. The van der Waals surface area contributed by atoms with E-state index in [4.69, 9.17) is 10.00 Å². The fourth-order valence-corrected chi connectivity index (χ4v) is 2.85. The van der Waals surface area contributed by atoms with Crippen molar-refractivity contribution in [2.24, 2.45) is 0 Å². The maximum atomic E-state index is 12.3. The first-order valence-electron chi connectivity index (χ1n) is 8.90. The summed E-state index contributed by atoms with van der Waals surface area (Å²) in [7, 11) is 0. The zero-order chi connectivity index (χ0) is 20.1. The first kappa shape index (κ1) is 19.1. The molecule has 0 spiro atoms. The summed E-state index contributed by atoms with van der Waals surface area (Å²) in [5.41, 5.74) is 2.03. The second-order valence-corrected chi connectivity index (χ2v) is 6.42. The number of anilines is 2. The maximum Gasteiger partial charge on any atom is 0.338 e. The van der Waals surface area contributed by atoms with Gasteiger partial charge in [-0.15, -0.1) is 0 Å². The smallest absolute Gasteiger partial charge is 0.338 e. The zero-order valence-corrected chi connectivity index (χ0v) is 15.3. The molecule has 0 unspecified atom stereocenters. The van der Waals surface area contributed by atoms with Gasteiger partial charge in [-0.3, -0.25) is 9.59 Å². The monoisotopic (exact) mass is 377 g/mol. The van der Waals surface area contributed by atoms with Gasteiger partial charge in [-0.1, -0.05) is 0 Å². The summed E-state index contributed by atoms with van der Waals surface area (Å²) in [4.78, 5) is 37.9. The van der Waals surface area contributed by atoms with Gasteiger partial charge >= 0.3 is 5.97 Å². The molecule has 7 heteroatoms. The molecule has 1 N–H and O–H groups in total. The zero-order valence-electron chi connectivity index (χ0n) is 15.3. The van der Waals surface area contributed by atoms with E-state index in [2.05, 4.69) is 5.32 Å². The van der Waals surface area contributed by atoms with Gasteiger partial charge in [-0.05, 0) is 61.9 Å². The summed E-state index contributed by atoms with van der Waals surface area (Å²) in [6.45, 7) is 2.16. The molecule has 2 amide bonds. The molecule has 1 heterocycles. The van der Waals surface area contributed by atoms with Crippen LogP contribution in [0.15, 0.2) is 48.5 Å². The average Bonchev–Trinajstić information content (AvgIpc) is 3.14. The average molecular weight is 377 g/mol. The Bertz CT molecular complexity index is 930. The third-order valence-corrected chi connectivity index (χ3v) is 4.42. The van der Waals surface area contributed by atoms with E-state index in [0.29, 0.717) is 29.8 Å². The number of hydrogen-bond donors (Lipinski definition) is 1. The Kier molecular flexibility index (Phi) is 5.70. The number of nitrogens with zero attached hydrogens (tertiary/aromatic N) is 2. The van der Waals surface area contributed by atoms with Gasteiger partial charge in [-0.25, -0.2) is 4.79 Å². The second kappa shape index (κ2) is 8.35. The highest BCUT2D eigenvalue weighted by molar-refractivity contribution is 5.98. The van der Waals surface area contributed by atoms with Gasteiger partial charge in [0.15, 0.2) is 6.10 Å². The van der Waals surface area contributed by atoms with Crippen molar-refractivity contribution in [1.29, 1.82) is 5.26 Å². The number of rotatable bonds is 5. The lowest BCUT2D eigenvalue weighted by atomic mass is 10.2.